The van der Waals surface area contributed by atoms with Crippen LogP contribution in [0.25, 0.3) is 26.5 Å². The molecule has 0 aliphatic carbocycles. The third kappa shape index (κ3) is 4.81. The van der Waals surface area contributed by atoms with Gasteiger partial charge in [-0.1, -0.05) is 23.7 Å². The van der Waals surface area contributed by atoms with Crippen molar-refractivity contribution in [1.29, 1.82) is 0 Å². The van der Waals surface area contributed by atoms with Gasteiger partial charge in [0.05, 0.1) is 31.5 Å². The van der Waals surface area contributed by atoms with E-state index in [1.165, 1.54) is 11.3 Å². The van der Waals surface area contributed by atoms with Crippen LogP contribution < -0.4 is 15.0 Å². The average molecular weight is 498 g/mol. The topological polar surface area (TPSA) is 65.8 Å². The standard InChI is InChI=1S/C25H24ClN3O4S/c1-31-22-16-19(6-7-21(22)33-15-12-28-10-13-32-14-11-28)29-9-8-20-23(25(29)30)34-24(27-20)17-2-4-18(26)5-3-17/h2-9,16H,10-15H2,1H3. The molecule has 0 amide bonds. The first-order chi connectivity index (χ1) is 16.6. The van der Waals surface area contributed by atoms with Gasteiger partial charge in [-0.3, -0.25) is 14.3 Å². The highest BCUT2D eigenvalue weighted by atomic mass is 35.5. The molecule has 176 valence electrons. The van der Waals surface area contributed by atoms with Gasteiger partial charge in [-0.25, -0.2) is 4.98 Å². The van der Waals surface area contributed by atoms with Crippen LogP contribution in [0.3, 0.4) is 0 Å². The Hall–Kier alpha value is -2.91. The van der Waals surface area contributed by atoms with Gasteiger partial charge < -0.3 is 14.2 Å². The third-order valence-electron chi connectivity index (χ3n) is 5.73. The van der Waals surface area contributed by atoms with Crippen LogP contribution in [0.1, 0.15) is 0 Å². The number of fused-ring (bicyclic) bond motifs is 1. The number of halogens is 1. The van der Waals surface area contributed by atoms with Crippen molar-refractivity contribution in [2.24, 2.45) is 0 Å². The lowest BCUT2D eigenvalue weighted by Crippen LogP contribution is -2.38. The Balaban J connectivity index is 1.38. The normalized spacial score (nSPS) is 14.4. The highest BCUT2D eigenvalue weighted by Gasteiger charge is 2.15. The molecule has 0 spiro atoms. The Labute approximate surface area is 206 Å². The Kier molecular flexibility index (Phi) is 6.82. The number of aromatic nitrogens is 2. The highest BCUT2D eigenvalue weighted by Crippen LogP contribution is 2.31. The summed E-state index contributed by atoms with van der Waals surface area (Å²) in [7, 11) is 1.60. The van der Waals surface area contributed by atoms with Crippen molar-refractivity contribution in [2.45, 2.75) is 0 Å². The van der Waals surface area contributed by atoms with E-state index in [0.717, 1.165) is 43.4 Å². The van der Waals surface area contributed by atoms with Crippen LogP contribution in [0.5, 0.6) is 11.5 Å². The predicted octanol–water partition coefficient (Wildman–Crippen LogP) is 4.49. The molecule has 1 saturated heterocycles. The van der Waals surface area contributed by atoms with Crippen molar-refractivity contribution in [3.63, 3.8) is 0 Å². The molecule has 0 atom stereocenters. The Morgan fingerprint density at radius 1 is 1.09 bits per heavy atom. The number of nitrogens with zero attached hydrogens (tertiary/aromatic N) is 3. The third-order valence-corrected chi connectivity index (χ3v) is 7.09. The first kappa shape index (κ1) is 22.9. The fourth-order valence-electron chi connectivity index (χ4n) is 3.87. The first-order valence-electron chi connectivity index (χ1n) is 11.0. The zero-order chi connectivity index (χ0) is 23.5. The van der Waals surface area contributed by atoms with Gasteiger partial charge in [0, 0.05) is 42.5 Å². The number of thiazole rings is 1. The highest BCUT2D eigenvalue weighted by molar-refractivity contribution is 7.21. The Bertz CT molecular complexity index is 1350. The van der Waals surface area contributed by atoms with Gasteiger partial charge in [-0.2, -0.15) is 0 Å². The smallest absolute Gasteiger partial charge is 0.274 e. The number of morpholine rings is 1. The second kappa shape index (κ2) is 10.1. The maximum atomic E-state index is 13.3. The largest absolute Gasteiger partial charge is 0.493 e. The summed E-state index contributed by atoms with van der Waals surface area (Å²) in [5.41, 5.74) is 2.17. The van der Waals surface area contributed by atoms with Crippen LogP contribution in [-0.4, -0.2) is 61.0 Å². The number of rotatable bonds is 7. The van der Waals surface area contributed by atoms with Crippen LogP contribution >= 0.6 is 22.9 Å². The molecule has 2 aromatic heterocycles. The summed E-state index contributed by atoms with van der Waals surface area (Å²) < 4.78 is 19.1. The van der Waals surface area contributed by atoms with Crippen LogP contribution in [0.15, 0.2) is 59.5 Å². The molecule has 0 unspecified atom stereocenters. The number of pyridine rings is 1. The van der Waals surface area contributed by atoms with Gasteiger partial charge in [0.15, 0.2) is 11.5 Å². The van der Waals surface area contributed by atoms with Crippen molar-refractivity contribution in [1.82, 2.24) is 14.5 Å². The monoisotopic (exact) mass is 497 g/mol. The predicted molar refractivity (Wildman–Crippen MR) is 135 cm³/mol. The number of methoxy groups -OCH3 is 1. The molecule has 0 saturated carbocycles. The summed E-state index contributed by atoms with van der Waals surface area (Å²) in [6.45, 7) is 4.74. The van der Waals surface area contributed by atoms with Gasteiger partial charge in [-0.05, 0) is 30.3 Å². The molecule has 0 radical (unpaired) electrons. The maximum Gasteiger partial charge on any atom is 0.274 e. The van der Waals surface area contributed by atoms with Gasteiger partial charge in [0.2, 0.25) is 0 Å². The molecule has 0 N–H and O–H groups in total. The van der Waals surface area contributed by atoms with E-state index in [-0.39, 0.29) is 5.56 Å². The van der Waals surface area contributed by atoms with Crippen LogP contribution in [0.2, 0.25) is 5.02 Å². The SMILES string of the molecule is COc1cc(-n2ccc3nc(-c4ccc(Cl)cc4)sc3c2=O)ccc1OCCN1CCOCC1. The molecule has 1 fully saturated rings. The second-order valence-corrected chi connectivity index (χ2v) is 9.30. The van der Waals surface area contributed by atoms with Crippen LogP contribution in [0.4, 0.5) is 0 Å². The summed E-state index contributed by atoms with van der Waals surface area (Å²) >= 11 is 7.37. The van der Waals surface area contributed by atoms with E-state index in [1.807, 2.05) is 48.5 Å². The second-order valence-electron chi connectivity index (χ2n) is 7.87. The van der Waals surface area contributed by atoms with E-state index in [1.54, 1.807) is 17.9 Å². The zero-order valence-electron chi connectivity index (χ0n) is 18.7. The Morgan fingerprint density at radius 3 is 2.65 bits per heavy atom. The van der Waals surface area contributed by atoms with E-state index in [9.17, 15) is 4.79 Å². The molecule has 3 heterocycles. The van der Waals surface area contributed by atoms with Crippen molar-refractivity contribution in [3.8, 4) is 27.8 Å². The number of hydrogen-bond donors (Lipinski definition) is 0. The lowest BCUT2D eigenvalue weighted by Gasteiger charge is -2.26. The molecular weight excluding hydrogens is 474 g/mol. The summed E-state index contributed by atoms with van der Waals surface area (Å²) in [4.78, 5) is 20.2. The zero-order valence-corrected chi connectivity index (χ0v) is 20.3. The summed E-state index contributed by atoms with van der Waals surface area (Å²) in [5.74, 6) is 1.23. The molecule has 1 aliphatic heterocycles. The minimum atomic E-state index is -0.127. The van der Waals surface area contributed by atoms with E-state index in [4.69, 9.17) is 25.8 Å². The van der Waals surface area contributed by atoms with Gasteiger partial charge in [-0.15, -0.1) is 11.3 Å². The number of benzene rings is 2. The molecule has 7 nitrogen and oxygen atoms in total. The van der Waals surface area contributed by atoms with Crippen LogP contribution in [0, 0.1) is 0 Å². The van der Waals surface area contributed by atoms with Gasteiger partial charge in [0.1, 0.15) is 16.3 Å². The van der Waals surface area contributed by atoms with E-state index in [0.29, 0.717) is 39.0 Å². The summed E-state index contributed by atoms with van der Waals surface area (Å²) in [6.07, 6.45) is 1.74. The lowest BCUT2D eigenvalue weighted by atomic mass is 10.2. The fraction of sp³-hybridized carbons (Fsp3) is 0.280. The average Bonchev–Trinajstić information content (AvgIpc) is 3.31. The van der Waals surface area contributed by atoms with Crippen LogP contribution in [-0.2, 0) is 4.74 Å². The summed E-state index contributed by atoms with van der Waals surface area (Å²) in [6, 6.07) is 14.8. The molecule has 0 bridgehead atoms. The molecule has 5 rings (SSSR count). The van der Waals surface area contributed by atoms with Crippen molar-refractivity contribution >= 4 is 33.2 Å². The number of hydrogen-bond acceptors (Lipinski definition) is 7. The first-order valence-corrected chi connectivity index (χ1v) is 12.2. The van der Waals surface area contributed by atoms with Crippen molar-refractivity contribution < 1.29 is 14.2 Å². The van der Waals surface area contributed by atoms with Crippen molar-refractivity contribution in [2.75, 3.05) is 46.6 Å². The minimum absolute atomic E-state index is 0.127. The maximum absolute atomic E-state index is 13.3. The molecule has 9 heteroatoms. The van der Waals surface area contributed by atoms with Crippen molar-refractivity contribution in [3.05, 3.63) is 70.1 Å². The quantitative estimate of drug-likeness (QED) is 0.375. The summed E-state index contributed by atoms with van der Waals surface area (Å²) in [5, 5.41) is 1.44. The van der Waals surface area contributed by atoms with Gasteiger partial charge in [0.25, 0.3) is 5.56 Å². The number of ether oxygens (including phenoxy) is 3. The van der Waals surface area contributed by atoms with Gasteiger partial charge >= 0.3 is 0 Å². The van der Waals surface area contributed by atoms with E-state index < -0.39 is 0 Å². The van der Waals surface area contributed by atoms with E-state index >= 15 is 0 Å². The lowest BCUT2D eigenvalue weighted by molar-refractivity contribution is 0.0321. The molecule has 1 aliphatic rings. The molecule has 34 heavy (non-hydrogen) atoms. The molecular formula is C25H24ClN3O4S. The molecule has 4 aromatic rings. The molecule has 2 aromatic carbocycles. The Morgan fingerprint density at radius 2 is 1.88 bits per heavy atom. The minimum Gasteiger partial charge on any atom is -0.493 e. The van der Waals surface area contributed by atoms with E-state index in [2.05, 4.69) is 9.88 Å². The fourth-order valence-corrected chi connectivity index (χ4v) is 5.00.